The molecule has 0 aromatic heterocycles. The topological polar surface area (TPSA) is 15.3 Å². The fourth-order valence-corrected chi connectivity index (χ4v) is 2.63. The lowest BCUT2D eigenvalue weighted by Crippen LogP contribution is -2.30. The van der Waals surface area contributed by atoms with Gasteiger partial charge in [-0.05, 0) is 51.3 Å². The van der Waals surface area contributed by atoms with Crippen LogP contribution < -0.4 is 10.2 Å². The highest BCUT2D eigenvalue weighted by Crippen LogP contribution is 2.19. The second-order valence-corrected chi connectivity index (χ2v) is 5.17. The number of hydrogen-bond acceptors (Lipinski definition) is 2. The number of aryl methyl sites for hydroxylation is 1. The minimum Gasteiger partial charge on any atom is -0.372 e. The zero-order valence-corrected chi connectivity index (χ0v) is 13.1. The van der Waals surface area contributed by atoms with Crippen molar-refractivity contribution in [1.82, 2.24) is 5.32 Å². The first-order chi connectivity index (χ1) is 9.22. The van der Waals surface area contributed by atoms with E-state index in [1.165, 1.54) is 30.5 Å². The van der Waals surface area contributed by atoms with Gasteiger partial charge in [0.25, 0.3) is 0 Å². The van der Waals surface area contributed by atoms with Crippen molar-refractivity contribution >= 4 is 5.69 Å². The van der Waals surface area contributed by atoms with Gasteiger partial charge < -0.3 is 10.2 Å². The standard InChI is InChI=1S/C17H30N2/c1-5-16(18-6-2)12-10-14-19(7-3)17-13-9-8-11-15(17)4/h8-9,11,13,16,18H,5-7,10,12,14H2,1-4H3. The molecular formula is C17H30N2. The largest absolute Gasteiger partial charge is 0.372 e. The van der Waals surface area contributed by atoms with E-state index in [9.17, 15) is 0 Å². The van der Waals surface area contributed by atoms with Crippen molar-refractivity contribution < 1.29 is 0 Å². The molecule has 1 N–H and O–H groups in total. The number of anilines is 1. The van der Waals surface area contributed by atoms with Crippen LogP contribution in [0.3, 0.4) is 0 Å². The van der Waals surface area contributed by atoms with Gasteiger partial charge in [-0.1, -0.05) is 32.0 Å². The molecule has 1 aromatic rings. The van der Waals surface area contributed by atoms with Crippen molar-refractivity contribution in [1.29, 1.82) is 0 Å². The normalized spacial score (nSPS) is 12.4. The summed E-state index contributed by atoms with van der Waals surface area (Å²) >= 11 is 0. The quantitative estimate of drug-likeness (QED) is 0.724. The second kappa shape index (κ2) is 8.98. The first-order valence-corrected chi connectivity index (χ1v) is 7.76. The molecule has 0 saturated carbocycles. The summed E-state index contributed by atoms with van der Waals surface area (Å²) in [5.74, 6) is 0. The molecule has 1 unspecified atom stereocenters. The molecular weight excluding hydrogens is 232 g/mol. The van der Waals surface area contributed by atoms with Crippen molar-refractivity contribution in [2.24, 2.45) is 0 Å². The summed E-state index contributed by atoms with van der Waals surface area (Å²) in [6.45, 7) is 12.2. The predicted molar refractivity (Wildman–Crippen MR) is 86.1 cm³/mol. The molecule has 0 heterocycles. The average Bonchev–Trinajstić information content (AvgIpc) is 2.43. The van der Waals surface area contributed by atoms with E-state index in [0.717, 1.165) is 19.6 Å². The number of nitrogens with one attached hydrogen (secondary N) is 1. The number of nitrogens with zero attached hydrogens (tertiary/aromatic N) is 1. The van der Waals surface area contributed by atoms with Crippen LogP contribution in [0.4, 0.5) is 5.69 Å². The average molecular weight is 262 g/mol. The van der Waals surface area contributed by atoms with E-state index >= 15 is 0 Å². The number of rotatable bonds is 9. The first-order valence-electron chi connectivity index (χ1n) is 7.76. The maximum absolute atomic E-state index is 3.56. The summed E-state index contributed by atoms with van der Waals surface area (Å²) in [6.07, 6.45) is 3.75. The van der Waals surface area contributed by atoms with E-state index in [1.54, 1.807) is 0 Å². The van der Waals surface area contributed by atoms with E-state index < -0.39 is 0 Å². The van der Waals surface area contributed by atoms with Crippen LogP contribution in [-0.2, 0) is 0 Å². The molecule has 0 amide bonds. The minimum atomic E-state index is 0.681. The highest BCUT2D eigenvalue weighted by atomic mass is 15.1. The van der Waals surface area contributed by atoms with E-state index in [0.29, 0.717) is 6.04 Å². The van der Waals surface area contributed by atoms with Crippen LogP contribution in [0.2, 0.25) is 0 Å². The molecule has 1 atom stereocenters. The molecule has 0 radical (unpaired) electrons. The Labute approximate surface area is 119 Å². The Morgan fingerprint density at radius 2 is 1.89 bits per heavy atom. The Balaban J connectivity index is 2.47. The highest BCUT2D eigenvalue weighted by molar-refractivity contribution is 5.52. The zero-order valence-electron chi connectivity index (χ0n) is 13.1. The molecule has 0 fully saturated rings. The lowest BCUT2D eigenvalue weighted by atomic mass is 10.1. The smallest absolute Gasteiger partial charge is 0.0395 e. The second-order valence-electron chi connectivity index (χ2n) is 5.17. The third-order valence-corrected chi connectivity index (χ3v) is 3.80. The van der Waals surface area contributed by atoms with Gasteiger partial charge in [0.05, 0.1) is 0 Å². The lowest BCUT2D eigenvalue weighted by molar-refractivity contribution is 0.466. The molecule has 19 heavy (non-hydrogen) atoms. The van der Waals surface area contributed by atoms with Gasteiger partial charge >= 0.3 is 0 Å². The number of benzene rings is 1. The fraction of sp³-hybridized carbons (Fsp3) is 0.647. The van der Waals surface area contributed by atoms with E-state index in [4.69, 9.17) is 0 Å². The van der Waals surface area contributed by atoms with Gasteiger partial charge in [-0.25, -0.2) is 0 Å². The van der Waals surface area contributed by atoms with Crippen molar-refractivity contribution in [2.45, 2.75) is 53.0 Å². The van der Waals surface area contributed by atoms with Crippen molar-refractivity contribution in [3.63, 3.8) is 0 Å². The Hall–Kier alpha value is -1.02. The van der Waals surface area contributed by atoms with Crippen LogP contribution in [-0.4, -0.2) is 25.7 Å². The molecule has 0 spiro atoms. The molecule has 0 aliphatic carbocycles. The van der Waals surface area contributed by atoms with E-state index in [-0.39, 0.29) is 0 Å². The highest BCUT2D eigenvalue weighted by Gasteiger charge is 2.08. The van der Waals surface area contributed by atoms with Gasteiger partial charge in [-0.3, -0.25) is 0 Å². The van der Waals surface area contributed by atoms with Gasteiger partial charge in [0.15, 0.2) is 0 Å². The Morgan fingerprint density at radius 3 is 2.47 bits per heavy atom. The summed E-state index contributed by atoms with van der Waals surface area (Å²) in [6, 6.07) is 9.37. The SMILES string of the molecule is CCNC(CC)CCCN(CC)c1ccccc1C. The van der Waals surface area contributed by atoms with Gasteiger partial charge in [0.1, 0.15) is 0 Å². The fourth-order valence-electron chi connectivity index (χ4n) is 2.63. The molecule has 0 aliphatic rings. The van der Waals surface area contributed by atoms with E-state index in [2.05, 4.69) is 62.2 Å². The van der Waals surface area contributed by atoms with Gasteiger partial charge in [-0.2, -0.15) is 0 Å². The van der Waals surface area contributed by atoms with Crippen LogP contribution in [0.1, 0.15) is 45.6 Å². The van der Waals surface area contributed by atoms with Crippen molar-refractivity contribution in [3.05, 3.63) is 29.8 Å². The molecule has 0 bridgehead atoms. The summed E-state index contributed by atoms with van der Waals surface area (Å²) in [4.78, 5) is 2.49. The Kier molecular flexibility index (Phi) is 7.57. The maximum atomic E-state index is 3.56. The number of para-hydroxylation sites is 1. The summed E-state index contributed by atoms with van der Waals surface area (Å²) in [5, 5.41) is 3.56. The van der Waals surface area contributed by atoms with Gasteiger partial charge in [-0.15, -0.1) is 0 Å². The molecule has 2 heteroatoms. The monoisotopic (exact) mass is 262 g/mol. The lowest BCUT2D eigenvalue weighted by Gasteiger charge is -2.26. The predicted octanol–water partition coefficient (Wildman–Crippen LogP) is 3.99. The summed E-state index contributed by atoms with van der Waals surface area (Å²) < 4.78 is 0. The molecule has 0 aliphatic heterocycles. The van der Waals surface area contributed by atoms with Crippen molar-refractivity contribution in [2.75, 3.05) is 24.5 Å². The Morgan fingerprint density at radius 1 is 1.16 bits per heavy atom. The summed E-state index contributed by atoms with van der Waals surface area (Å²) in [7, 11) is 0. The van der Waals surface area contributed by atoms with E-state index in [1.807, 2.05) is 0 Å². The third-order valence-electron chi connectivity index (χ3n) is 3.80. The zero-order chi connectivity index (χ0) is 14.1. The van der Waals surface area contributed by atoms with Crippen LogP contribution in [0.25, 0.3) is 0 Å². The van der Waals surface area contributed by atoms with Crippen LogP contribution >= 0.6 is 0 Å². The summed E-state index contributed by atoms with van der Waals surface area (Å²) in [5.41, 5.74) is 2.77. The van der Waals surface area contributed by atoms with Gasteiger partial charge in [0.2, 0.25) is 0 Å². The number of hydrogen-bond donors (Lipinski definition) is 1. The first kappa shape index (κ1) is 16.0. The molecule has 0 saturated heterocycles. The molecule has 1 rings (SSSR count). The van der Waals surface area contributed by atoms with Gasteiger partial charge in [0, 0.05) is 24.8 Å². The molecule has 108 valence electrons. The van der Waals surface area contributed by atoms with Crippen LogP contribution in [0.5, 0.6) is 0 Å². The molecule has 1 aromatic carbocycles. The van der Waals surface area contributed by atoms with Crippen LogP contribution in [0.15, 0.2) is 24.3 Å². The minimum absolute atomic E-state index is 0.681. The van der Waals surface area contributed by atoms with Crippen LogP contribution in [0, 0.1) is 6.92 Å². The molecule has 2 nitrogen and oxygen atoms in total. The third kappa shape index (κ3) is 5.23. The Bertz CT molecular complexity index is 349. The van der Waals surface area contributed by atoms with Crippen molar-refractivity contribution in [3.8, 4) is 0 Å². The maximum Gasteiger partial charge on any atom is 0.0395 e.